The second kappa shape index (κ2) is 9.59. The third kappa shape index (κ3) is 5.78. The predicted molar refractivity (Wildman–Crippen MR) is 81.5 cm³/mol. The molecule has 0 saturated heterocycles. The highest BCUT2D eigenvalue weighted by molar-refractivity contribution is 6.17. The van der Waals surface area contributed by atoms with Crippen molar-refractivity contribution in [3.63, 3.8) is 0 Å². The third-order valence-corrected chi connectivity index (χ3v) is 3.44. The van der Waals surface area contributed by atoms with Crippen molar-refractivity contribution in [2.24, 2.45) is 0 Å². The molecule has 0 unspecified atom stereocenters. The lowest BCUT2D eigenvalue weighted by Crippen LogP contribution is -2.01. The van der Waals surface area contributed by atoms with E-state index in [0.29, 0.717) is 12.4 Å². The Balaban J connectivity index is 2.41. The molecule has 112 valence electrons. The summed E-state index contributed by atoms with van der Waals surface area (Å²) in [5, 5.41) is 11.0. The molecule has 0 aliphatic carbocycles. The molecule has 0 aliphatic heterocycles. The van der Waals surface area contributed by atoms with Gasteiger partial charge in [0.15, 0.2) is 5.75 Å². The van der Waals surface area contributed by atoms with Crippen molar-refractivity contribution in [3.8, 4) is 5.75 Å². The summed E-state index contributed by atoms with van der Waals surface area (Å²) in [7, 11) is 0. The molecule has 4 nitrogen and oxygen atoms in total. The summed E-state index contributed by atoms with van der Waals surface area (Å²) in [6.45, 7) is 2.71. The van der Waals surface area contributed by atoms with E-state index in [2.05, 4.69) is 6.92 Å². The zero-order valence-electron chi connectivity index (χ0n) is 11.9. The summed E-state index contributed by atoms with van der Waals surface area (Å²) in [5.41, 5.74) is 0.722. The molecular formula is C15H22ClNO3. The van der Waals surface area contributed by atoms with E-state index in [4.69, 9.17) is 16.3 Å². The van der Waals surface area contributed by atoms with Crippen molar-refractivity contribution in [1.29, 1.82) is 0 Å². The minimum Gasteiger partial charge on any atom is -0.487 e. The fraction of sp³-hybridized carbons (Fsp3) is 0.600. The van der Waals surface area contributed by atoms with Crippen molar-refractivity contribution >= 4 is 17.3 Å². The van der Waals surface area contributed by atoms with Crippen molar-refractivity contribution in [2.45, 2.75) is 51.3 Å². The van der Waals surface area contributed by atoms with Crippen LogP contribution in [0.3, 0.4) is 0 Å². The molecule has 20 heavy (non-hydrogen) atoms. The normalized spacial score (nSPS) is 10.5. The molecule has 0 bridgehead atoms. The third-order valence-electron chi connectivity index (χ3n) is 3.13. The van der Waals surface area contributed by atoms with Crippen LogP contribution in [0.2, 0.25) is 0 Å². The summed E-state index contributed by atoms with van der Waals surface area (Å²) in [5.74, 6) is 0.593. The number of benzene rings is 1. The maximum Gasteiger partial charge on any atom is 0.311 e. The van der Waals surface area contributed by atoms with Crippen LogP contribution < -0.4 is 4.74 Å². The van der Waals surface area contributed by atoms with Gasteiger partial charge in [0.05, 0.1) is 11.5 Å². The van der Waals surface area contributed by atoms with E-state index in [9.17, 15) is 10.1 Å². The van der Waals surface area contributed by atoms with Gasteiger partial charge >= 0.3 is 5.69 Å². The molecule has 0 heterocycles. The Bertz CT molecular complexity index is 424. The van der Waals surface area contributed by atoms with Crippen molar-refractivity contribution < 1.29 is 9.66 Å². The van der Waals surface area contributed by atoms with E-state index < -0.39 is 4.92 Å². The number of ether oxygens (including phenoxy) is 1. The van der Waals surface area contributed by atoms with Crippen LogP contribution in [-0.4, -0.2) is 11.5 Å². The van der Waals surface area contributed by atoms with Crippen LogP contribution in [0.5, 0.6) is 5.75 Å². The Morgan fingerprint density at radius 1 is 1.20 bits per heavy atom. The van der Waals surface area contributed by atoms with Crippen molar-refractivity contribution in [3.05, 3.63) is 33.9 Å². The molecule has 0 radical (unpaired) electrons. The Kier molecular flexibility index (Phi) is 8.04. The van der Waals surface area contributed by atoms with Gasteiger partial charge in [0, 0.05) is 11.9 Å². The van der Waals surface area contributed by atoms with Crippen LogP contribution in [0, 0.1) is 10.1 Å². The number of hydrogen-bond donors (Lipinski definition) is 0. The molecule has 0 spiro atoms. The molecule has 0 saturated carbocycles. The number of nitro benzene ring substituents is 1. The van der Waals surface area contributed by atoms with Crippen molar-refractivity contribution in [2.75, 3.05) is 6.61 Å². The summed E-state index contributed by atoms with van der Waals surface area (Å²) < 4.78 is 5.52. The largest absolute Gasteiger partial charge is 0.487 e. The van der Waals surface area contributed by atoms with E-state index in [1.165, 1.54) is 31.7 Å². The maximum absolute atomic E-state index is 11.0. The first-order valence-corrected chi connectivity index (χ1v) is 7.68. The Hall–Kier alpha value is -1.29. The first-order chi connectivity index (χ1) is 9.69. The maximum atomic E-state index is 11.0. The lowest BCUT2D eigenvalue weighted by atomic mass is 10.1. The molecule has 1 aromatic carbocycles. The lowest BCUT2D eigenvalue weighted by molar-refractivity contribution is -0.385. The number of alkyl halides is 1. The quantitative estimate of drug-likeness (QED) is 0.262. The van der Waals surface area contributed by atoms with Gasteiger partial charge in [-0.3, -0.25) is 10.1 Å². The van der Waals surface area contributed by atoms with Crippen LogP contribution in [0.1, 0.15) is 51.0 Å². The molecule has 0 aliphatic rings. The molecule has 1 rings (SSSR count). The van der Waals surface area contributed by atoms with Crippen molar-refractivity contribution in [1.82, 2.24) is 0 Å². The highest BCUT2D eigenvalue weighted by Crippen LogP contribution is 2.28. The Labute approximate surface area is 125 Å². The van der Waals surface area contributed by atoms with Gasteiger partial charge < -0.3 is 4.74 Å². The SMILES string of the molecule is CCCCCCCCOc1ccc(CCl)cc1[N+](=O)[O-]. The first kappa shape index (κ1) is 16.8. The van der Waals surface area contributed by atoms with E-state index in [1.807, 2.05) is 0 Å². The summed E-state index contributed by atoms with van der Waals surface area (Å²) in [6.07, 6.45) is 6.99. The topological polar surface area (TPSA) is 52.4 Å². The molecule has 5 heteroatoms. The van der Waals surface area contributed by atoms with Gasteiger partial charge in [0.2, 0.25) is 0 Å². The zero-order valence-corrected chi connectivity index (χ0v) is 12.7. The minimum atomic E-state index is -0.424. The van der Waals surface area contributed by atoms with E-state index >= 15 is 0 Å². The van der Waals surface area contributed by atoms with E-state index in [0.717, 1.165) is 18.4 Å². The molecule has 0 amide bonds. The van der Waals surface area contributed by atoms with Crippen LogP contribution in [-0.2, 0) is 5.88 Å². The first-order valence-electron chi connectivity index (χ1n) is 7.15. The molecule has 0 N–H and O–H groups in total. The lowest BCUT2D eigenvalue weighted by Gasteiger charge is -2.07. The molecule has 0 aromatic heterocycles. The number of hydrogen-bond acceptors (Lipinski definition) is 3. The van der Waals surface area contributed by atoms with Crippen LogP contribution >= 0.6 is 11.6 Å². The van der Waals surface area contributed by atoms with Crippen LogP contribution in [0.25, 0.3) is 0 Å². The number of unbranched alkanes of at least 4 members (excludes halogenated alkanes) is 5. The second-order valence-corrected chi connectivity index (χ2v) is 5.08. The highest BCUT2D eigenvalue weighted by Gasteiger charge is 2.15. The van der Waals surface area contributed by atoms with Gasteiger partial charge in [0.25, 0.3) is 0 Å². The standard InChI is InChI=1S/C15H22ClNO3/c1-2-3-4-5-6-7-10-20-15-9-8-13(12-16)11-14(15)17(18)19/h8-9,11H,2-7,10,12H2,1H3. The number of nitrogens with zero attached hydrogens (tertiary/aromatic N) is 1. The summed E-state index contributed by atoms with van der Waals surface area (Å²) in [6, 6.07) is 4.87. The molecular weight excluding hydrogens is 278 g/mol. The summed E-state index contributed by atoms with van der Waals surface area (Å²) >= 11 is 5.68. The smallest absolute Gasteiger partial charge is 0.311 e. The van der Waals surface area contributed by atoms with Gasteiger partial charge in [-0.25, -0.2) is 0 Å². The number of nitro groups is 1. The van der Waals surface area contributed by atoms with Gasteiger partial charge in [-0.05, 0) is 18.1 Å². The minimum absolute atomic E-state index is 0.00543. The van der Waals surface area contributed by atoms with E-state index in [1.54, 1.807) is 12.1 Å². The second-order valence-electron chi connectivity index (χ2n) is 4.81. The van der Waals surface area contributed by atoms with Gasteiger partial charge in [-0.1, -0.05) is 45.1 Å². The average molecular weight is 300 g/mol. The number of halogens is 1. The fourth-order valence-electron chi connectivity index (χ4n) is 1.98. The number of rotatable bonds is 10. The van der Waals surface area contributed by atoms with Gasteiger partial charge in [-0.15, -0.1) is 11.6 Å². The van der Waals surface area contributed by atoms with Crippen LogP contribution in [0.15, 0.2) is 18.2 Å². The van der Waals surface area contributed by atoms with Gasteiger partial charge in [0.1, 0.15) is 0 Å². The zero-order chi connectivity index (χ0) is 14.8. The highest BCUT2D eigenvalue weighted by atomic mass is 35.5. The van der Waals surface area contributed by atoms with Crippen LogP contribution in [0.4, 0.5) is 5.69 Å². The van der Waals surface area contributed by atoms with Gasteiger partial charge in [-0.2, -0.15) is 0 Å². The Morgan fingerprint density at radius 3 is 2.55 bits per heavy atom. The molecule has 0 atom stereocenters. The molecule has 0 fully saturated rings. The average Bonchev–Trinajstić information content (AvgIpc) is 2.46. The predicted octanol–water partition coefficient (Wildman–Crippen LogP) is 5.07. The fourth-order valence-corrected chi connectivity index (χ4v) is 2.14. The summed E-state index contributed by atoms with van der Waals surface area (Å²) in [4.78, 5) is 10.6. The van der Waals surface area contributed by atoms with E-state index in [-0.39, 0.29) is 11.6 Å². The monoisotopic (exact) mass is 299 g/mol. The Morgan fingerprint density at radius 2 is 1.90 bits per heavy atom. The molecule has 1 aromatic rings.